The molecule has 0 saturated carbocycles. The standard InChI is InChI=1S/C6H8N2O3S.K/c7-4-1-2-6(5(8)3-4)12(9,10)11;/h1-3H,7-8H2,(H,9,10,11);. The molecule has 1 rings (SSSR count). The van der Waals surface area contributed by atoms with Crippen LogP contribution in [0.15, 0.2) is 23.1 Å². The van der Waals surface area contributed by atoms with Crippen molar-refractivity contribution < 1.29 is 13.0 Å². The van der Waals surface area contributed by atoms with Crippen LogP contribution in [-0.4, -0.2) is 64.4 Å². The van der Waals surface area contributed by atoms with Crippen molar-refractivity contribution >= 4 is 72.9 Å². The molecular formula is C6H8KN2O3S. The van der Waals surface area contributed by atoms with Crippen LogP contribution in [0.1, 0.15) is 0 Å². The van der Waals surface area contributed by atoms with Crippen LogP contribution in [0.4, 0.5) is 11.4 Å². The number of rotatable bonds is 1. The topological polar surface area (TPSA) is 106 Å². The van der Waals surface area contributed by atoms with E-state index in [0.29, 0.717) is 5.69 Å². The van der Waals surface area contributed by atoms with Gasteiger partial charge in [0.15, 0.2) is 0 Å². The molecule has 67 valence electrons. The molecule has 0 bridgehead atoms. The molecule has 13 heavy (non-hydrogen) atoms. The van der Waals surface area contributed by atoms with Crippen molar-refractivity contribution in [2.45, 2.75) is 4.90 Å². The van der Waals surface area contributed by atoms with Crippen molar-refractivity contribution in [3.8, 4) is 0 Å². The molecule has 5 N–H and O–H groups in total. The number of nitrogens with two attached hydrogens (primary N) is 2. The van der Waals surface area contributed by atoms with Gasteiger partial charge in [0.1, 0.15) is 4.90 Å². The zero-order valence-electron chi connectivity index (χ0n) is 7.06. The summed E-state index contributed by atoms with van der Waals surface area (Å²) >= 11 is 0. The zero-order chi connectivity index (χ0) is 9.35. The first-order valence-corrected chi connectivity index (χ1v) is 4.48. The van der Waals surface area contributed by atoms with Gasteiger partial charge in [-0.3, -0.25) is 4.55 Å². The van der Waals surface area contributed by atoms with E-state index < -0.39 is 10.1 Å². The second-order valence-corrected chi connectivity index (χ2v) is 3.66. The van der Waals surface area contributed by atoms with E-state index in [0.717, 1.165) is 6.07 Å². The fraction of sp³-hybridized carbons (Fsp3) is 0. The van der Waals surface area contributed by atoms with Gasteiger partial charge in [0.05, 0.1) is 5.69 Å². The second kappa shape index (κ2) is 4.74. The number of hydrogen-bond donors (Lipinski definition) is 3. The Balaban J connectivity index is 0.00000144. The maximum Gasteiger partial charge on any atom is 0.296 e. The van der Waals surface area contributed by atoms with E-state index in [4.69, 9.17) is 16.0 Å². The quantitative estimate of drug-likeness (QED) is 0.347. The van der Waals surface area contributed by atoms with Gasteiger partial charge in [0, 0.05) is 57.1 Å². The smallest absolute Gasteiger partial charge is 0.296 e. The third-order valence-corrected chi connectivity index (χ3v) is 2.24. The molecule has 0 aliphatic heterocycles. The largest absolute Gasteiger partial charge is 0.399 e. The molecule has 1 aromatic rings. The van der Waals surface area contributed by atoms with Crippen LogP contribution in [-0.2, 0) is 10.1 Å². The minimum Gasteiger partial charge on any atom is -0.399 e. The predicted octanol–water partition coefficient (Wildman–Crippen LogP) is -0.283. The zero-order valence-corrected chi connectivity index (χ0v) is 11.0. The van der Waals surface area contributed by atoms with E-state index in [1.54, 1.807) is 0 Å². The Morgan fingerprint density at radius 2 is 1.77 bits per heavy atom. The Bertz CT molecular complexity index is 404. The summed E-state index contributed by atoms with van der Waals surface area (Å²) in [6.07, 6.45) is 0. The Morgan fingerprint density at radius 3 is 2.15 bits per heavy atom. The van der Waals surface area contributed by atoms with Gasteiger partial charge in [-0.25, -0.2) is 0 Å². The average Bonchev–Trinajstić information content (AvgIpc) is 1.83. The molecule has 0 aliphatic carbocycles. The normalized spacial score (nSPS) is 10.5. The van der Waals surface area contributed by atoms with Crippen molar-refractivity contribution in [2.75, 3.05) is 11.5 Å². The predicted molar refractivity (Wildman–Crippen MR) is 50.8 cm³/mol. The number of benzene rings is 1. The summed E-state index contributed by atoms with van der Waals surface area (Å²) in [5.41, 5.74) is 10.9. The molecule has 0 aromatic heterocycles. The summed E-state index contributed by atoms with van der Waals surface area (Å²) in [7, 11) is -4.23. The van der Waals surface area contributed by atoms with E-state index in [1.807, 2.05) is 0 Å². The van der Waals surface area contributed by atoms with E-state index in [-0.39, 0.29) is 62.0 Å². The van der Waals surface area contributed by atoms with Crippen LogP contribution in [0, 0.1) is 0 Å². The molecule has 0 spiro atoms. The summed E-state index contributed by atoms with van der Waals surface area (Å²) in [4.78, 5) is -0.322. The van der Waals surface area contributed by atoms with Crippen molar-refractivity contribution in [2.24, 2.45) is 0 Å². The molecule has 0 amide bonds. The van der Waals surface area contributed by atoms with Crippen LogP contribution in [0.2, 0.25) is 0 Å². The fourth-order valence-electron chi connectivity index (χ4n) is 0.802. The van der Waals surface area contributed by atoms with Gasteiger partial charge in [-0.15, -0.1) is 0 Å². The minimum absolute atomic E-state index is 0. The Labute approximate surface area is 119 Å². The number of anilines is 2. The van der Waals surface area contributed by atoms with E-state index in [2.05, 4.69) is 0 Å². The Morgan fingerprint density at radius 1 is 1.23 bits per heavy atom. The van der Waals surface area contributed by atoms with E-state index in [9.17, 15) is 8.42 Å². The maximum atomic E-state index is 10.6. The first kappa shape index (κ1) is 13.4. The monoisotopic (exact) mass is 227 g/mol. The summed E-state index contributed by atoms with van der Waals surface area (Å²) in [5.74, 6) is 0. The first-order chi connectivity index (χ1) is 5.41. The van der Waals surface area contributed by atoms with Crippen molar-refractivity contribution in [3.63, 3.8) is 0 Å². The molecule has 0 atom stereocenters. The summed E-state index contributed by atoms with van der Waals surface area (Å²) in [6, 6.07) is 3.77. The van der Waals surface area contributed by atoms with Crippen molar-refractivity contribution in [3.05, 3.63) is 18.2 Å². The van der Waals surface area contributed by atoms with Gasteiger partial charge < -0.3 is 11.5 Å². The average molecular weight is 227 g/mol. The Hall–Kier alpha value is 0.366. The van der Waals surface area contributed by atoms with Gasteiger partial charge in [-0.1, -0.05) is 0 Å². The summed E-state index contributed by atoms with van der Waals surface area (Å²) < 4.78 is 29.8. The molecule has 0 fully saturated rings. The van der Waals surface area contributed by atoms with Crippen LogP contribution in [0.5, 0.6) is 0 Å². The van der Waals surface area contributed by atoms with Crippen LogP contribution in [0.25, 0.3) is 0 Å². The van der Waals surface area contributed by atoms with Crippen LogP contribution >= 0.6 is 0 Å². The SMILES string of the molecule is Nc1ccc(S(=O)(=O)O)c(N)c1.[K]. The molecule has 1 aromatic carbocycles. The first-order valence-electron chi connectivity index (χ1n) is 3.04. The molecular weight excluding hydrogens is 219 g/mol. The van der Waals surface area contributed by atoms with Crippen LogP contribution < -0.4 is 11.5 Å². The molecule has 0 saturated heterocycles. The van der Waals surface area contributed by atoms with Gasteiger partial charge in [0.2, 0.25) is 0 Å². The molecule has 1 radical (unpaired) electrons. The molecule has 0 aliphatic rings. The molecule has 5 nitrogen and oxygen atoms in total. The van der Waals surface area contributed by atoms with Gasteiger partial charge in [-0.2, -0.15) is 8.42 Å². The van der Waals surface area contributed by atoms with Gasteiger partial charge >= 0.3 is 0 Å². The molecule has 0 heterocycles. The van der Waals surface area contributed by atoms with Crippen molar-refractivity contribution in [1.29, 1.82) is 0 Å². The van der Waals surface area contributed by atoms with Crippen LogP contribution in [0.3, 0.4) is 0 Å². The number of hydrogen-bond acceptors (Lipinski definition) is 4. The molecule has 0 unspecified atom stereocenters. The Kier molecular flexibility index (Phi) is 4.87. The second-order valence-electron chi connectivity index (χ2n) is 2.27. The van der Waals surface area contributed by atoms with Gasteiger partial charge in [0.25, 0.3) is 10.1 Å². The number of nitrogen functional groups attached to an aromatic ring is 2. The fourth-order valence-corrected chi connectivity index (χ4v) is 1.40. The third-order valence-electron chi connectivity index (χ3n) is 1.31. The minimum atomic E-state index is -4.23. The van der Waals surface area contributed by atoms with Crippen molar-refractivity contribution in [1.82, 2.24) is 0 Å². The summed E-state index contributed by atoms with van der Waals surface area (Å²) in [6.45, 7) is 0. The summed E-state index contributed by atoms with van der Waals surface area (Å²) in [5, 5.41) is 0. The van der Waals surface area contributed by atoms with Gasteiger partial charge in [-0.05, 0) is 18.2 Å². The maximum absolute atomic E-state index is 10.6. The molecule has 7 heteroatoms. The third kappa shape index (κ3) is 3.54. The van der Waals surface area contributed by atoms with E-state index in [1.165, 1.54) is 12.1 Å². The van der Waals surface area contributed by atoms with E-state index >= 15 is 0 Å².